The van der Waals surface area contributed by atoms with Crippen molar-refractivity contribution in [3.63, 3.8) is 0 Å². The number of halogens is 3. The van der Waals surface area contributed by atoms with Crippen molar-refractivity contribution < 1.29 is 22.6 Å². The topological polar surface area (TPSA) is 47.1 Å². The molecule has 2 aromatic rings. The number of rotatable bonds is 3. The van der Waals surface area contributed by atoms with Crippen LogP contribution in [0.4, 0.5) is 13.2 Å². The van der Waals surface area contributed by atoms with Crippen molar-refractivity contribution in [3.8, 4) is 22.8 Å². The van der Waals surface area contributed by atoms with E-state index in [9.17, 15) is 13.2 Å². The fourth-order valence-electron chi connectivity index (χ4n) is 1.75. The molecule has 0 saturated carbocycles. The molecule has 0 fully saturated rings. The normalized spacial score (nSPS) is 11.3. The van der Waals surface area contributed by atoms with Crippen LogP contribution in [-0.4, -0.2) is 24.2 Å². The molecule has 0 aliphatic rings. The predicted octanol–water partition coefficient (Wildman–Crippen LogP) is 3.84. The standard InChI is InChI=1S/C13H11F3N2O2S/c1-19-9-4-3-7(5-10(9)20-2)8-6-11(21)18-12(17-8)13(14,15)16/h3-6H,1-2H3,(H,17,18,21). The van der Waals surface area contributed by atoms with Crippen molar-refractivity contribution in [2.75, 3.05) is 14.2 Å². The molecule has 0 aliphatic heterocycles. The maximum atomic E-state index is 12.7. The lowest BCUT2D eigenvalue weighted by molar-refractivity contribution is -0.144. The highest BCUT2D eigenvalue weighted by atomic mass is 32.1. The SMILES string of the molecule is COc1ccc(-c2cc(=S)nc(C(F)(F)F)[nH]2)cc1OC. The first kappa shape index (κ1) is 15.3. The minimum atomic E-state index is -4.60. The third-order valence-corrected chi connectivity index (χ3v) is 2.92. The number of hydrogen-bond donors (Lipinski definition) is 1. The highest BCUT2D eigenvalue weighted by Crippen LogP contribution is 2.33. The highest BCUT2D eigenvalue weighted by molar-refractivity contribution is 7.71. The maximum Gasteiger partial charge on any atom is 0.449 e. The van der Waals surface area contributed by atoms with Gasteiger partial charge in [0.05, 0.1) is 19.9 Å². The van der Waals surface area contributed by atoms with Crippen molar-refractivity contribution in [2.24, 2.45) is 0 Å². The Hall–Kier alpha value is -2.09. The van der Waals surface area contributed by atoms with E-state index in [4.69, 9.17) is 21.7 Å². The minimum absolute atomic E-state index is 0.147. The van der Waals surface area contributed by atoms with Crippen LogP contribution < -0.4 is 9.47 Å². The maximum absolute atomic E-state index is 12.7. The minimum Gasteiger partial charge on any atom is -0.493 e. The van der Waals surface area contributed by atoms with Crippen LogP contribution >= 0.6 is 12.2 Å². The molecule has 1 heterocycles. The Morgan fingerprint density at radius 3 is 2.33 bits per heavy atom. The molecule has 0 unspecified atom stereocenters. The number of nitrogens with zero attached hydrogens (tertiary/aromatic N) is 1. The molecular weight excluding hydrogens is 305 g/mol. The number of aromatic amines is 1. The van der Waals surface area contributed by atoms with E-state index >= 15 is 0 Å². The molecule has 8 heteroatoms. The second-order valence-electron chi connectivity index (χ2n) is 4.05. The Balaban J connectivity index is 2.57. The summed E-state index contributed by atoms with van der Waals surface area (Å²) < 4.78 is 48.3. The fraction of sp³-hybridized carbons (Fsp3) is 0.231. The molecule has 1 N–H and O–H groups in total. The van der Waals surface area contributed by atoms with E-state index in [1.807, 2.05) is 0 Å². The summed E-state index contributed by atoms with van der Waals surface area (Å²) in [5.74, 6) is -0.260. The lowest BCUT2D eigenvalue weighted by atomic mass is 10.1. The van der Waals surface area contributed by atoms with Crippen LogP contribution in [0, 0.1) is 4.64 Å². The number of ether oxygens (including phenoxy) is 2. The van der Waals surface area contributed by atoms with Gasteiger partial charge in [0.2, 0.25) is 5.82 Å². The van der Waals surface area contributed by atoms with Crippen LogP contribution in [0.15, 0.2) is 24.3 Å². The number of alkyl halides is 3. The van der Waals surface area contributed by atoms with Crippen molar-refractivity contribution >= 4 is 12.2 Å². The summed E-state index contributed by atoms with van der Waals surface area (Å²) in [6.45, 7) is 0. The molecule has 0 saturated heterocycles. The first-order valence-corrected chi connectivity index (χ1v) is 6.17. The highest BCUT2D eigenvalue weighted by Gasteiger charge is 2.34. The second kappa shape index (κ2) is 5.72. The Morgan fingerprint density at radius 2 is 1.76 bits per heavy atom. The largest absolute Gasteiger partial charge is 0.493 e. The molecule has 112 valence electrons. The summed E-state index contributed by atoms with van der Waals surface area (Å²) in [7, 11) is 2.91. The van der Waals surface area contributed by atoms with E-state index < -0.39 is 12.0 Å². The van der Waals surface area contributed by atoms with Gasteiger partial charge >= 0.3 is 6.18 Å². The summed E-state index contributed by atoms with van der Waals surface area (Å²) in [4.78, 5) is 5.52. The van der Waals surface area contributed by atoms with Crippen LogP contribution in [0.3, 0.4) is 0 Å². The van der Waals surface area contributed by atoms with E-state index in [2.05, 4.69) is 9.97 Å². The molecule has 21 heavy (non-hydrogen) atoms. The molecule has 1 aromatic heterocycles. The predicted molar refractivity (Wildman–Crippen MR) is 73.0 cm³/mol. The van der Waals surface area contributed by atoms with Gasteiger partial charge in [-0.15, -0.1) is 0 Å². The summed E-state index contributed by atoms with van der Waals surface area (Å²) in [6.07, 6.45) is -4.60. The van der Waals surface area contributed by atoms with Gasteiger partial charge in [0.1, 0.15) is 4.64 Å². The van der Waals surface area contributed by atoms with E-state index in [0.29, 0.717) is 17.1 Å². The molecule has 0 bridgehead atoms. The Labute approximate surface area is 123 Å². The van der Waals surface area contributed by atoms with Gasteiger partial charge in [-0.2, -0.15) is 13.2 Å². The summed E-state index contributed by atoms with van der Waals surface area (Å²) in [5.41, 5.74) is 0.676. The van der Waals surface area contributed by atoms with Gasteiger partial charge in [-0.1, -0.05) is 12.2 Å². The monoisotopic (exact) mass is 316 g/mol. The van der Waals surface area contributed by atoms with Gasteiger partial charge in [-0.05, 0) is 24.3 Å². The Kier molecular flexibility index (Phi) is 4.17. The Morgan fingerprint density at radius 1 is 1.10 bits per heavy atom. The van der Waals surface area contributed by atoms with Gasteiger partial charge in [0, 0.05) is 5.56 Å². The first-order valence-electron chi connectivity index (χ1n) is 5.76. The van der Waals surface area contributed by atoms with E-state index in [1.165, 1.54) is 20.3 Å². The number of benzene rings is 1. The zero-order chi connectivity index (χ0) is 15.6. The second-order valence-corrected chi connectivity index (χ2v) is 4.47. The Bertz CT molecular complexity index is 713. The molecule has 0 amide bonds. The van der Waals surface area contributed by atoms with Gasteiger partial charge in [-0.3, -0.25) is 0 Å². The van der Waals surface area contributed by atoms with E-state index in [1.54, 1.807) is 18.2 Å². The van der Waals surface area contributed by atoms with Crippen LogP contribution in [0.25, 0.3) is 11.3 Å². The molecule has 1 aromatic carbocycles. The third kappa shape index (κ3) is 3.33. The van der Waals surface area contributed by atoms with Crippen molar-refractivity contribution in [2.45, 2.75) is 6.18 Å². The van der Waals surface area contributed by atoms with Crippen LogP contribution in [0.1, 0.15) is 5.82 Å². The number of hydrogen-bond acceptors (Lipinski definition) is 4. The molecule has 0 atom stereocenters. The third-order valence-electron chi connectivity index (χ3n) is 2.71. The van der Waals surface area contributed by atoms with Gasteiger partial charge < -0.3 is 14.5 Å². The summed E-state index contributed by atoms with van der Waals surface area (Å²) >= 11 is 4.78. The summed E-state index contributed by atoms with van der Waals surface area (Å²) in [5, 5.41) is 0. The van der Waals surface area contributed by atoms with Crippen molar-refractivity contribution in [1.29, 1.82) is 0 Å². The number of methoxy groups -OCH3 is 2. The molecule has 0 aliphatic carbocycles. The molecular formula is C13H11F3N2O2S. The van der Waals surface area contributed by atoms with Crippen LogP contribution in [0.5, 0.6) is 11.5 Å². The van der Waals surface area contributed by atoms with Crippen molar-refractivity contribution in [1.82, 2.24) is 9.97 Å². The molecule has 0 radical (unpaired) electrons. The lowest BCUT2D eigenvalue weighted by Crippen LogP contribution is -2.11. The van der Waals surface area contributed by atoms with Gasteiger partial charge in [0.15, 0.2) is 11.5 Å². The molecule has 4 nitrogen and oxygen atoms in total. The number of H-pyrrole nitrogens is 1. The van der Waals surface area contributed by atoms with E-state index in [0.717, 1.165) is 0 Å². The molecule has 2 rings (SSSR count). The fourth-order valence-corrected chi connectivity index (χ4v) is 1.96. The number of nitrogens with one attached hydrogen (secondary N) is 1. The average molecular weight is 316 g/mol. The zero-order valence-electron chi connectivity index (χ0n) is 11.1. The smallest absolute Gasteiger partial charge is 0.449 e. The summed E-state index contributed by atoms with van der Waals surface area (Å²) in [6, 6.07) is 6.10. The van der Waals surface area contributed by atoms with Crippen LogP contribution in [-0.2, 0) is 6.18 Å². The van der Waals surface area contributed by atoms with Crippen LogP contribution in [0.2, 0.25) is 0 Å². The first-order chi connectivity index (χ1) is 9.85. The van der Waals surface area contributed by atoms with Crippen molar-refractivity contribution in [3.05, 3.63) is 34.7 Å². The van der Waals surface area contributed by atoms with Gasteiger partial charge in [0.25, 0.3) is 0 Å². The average Bonchev–Trinajstić information content (AvgIpc) is 2.45. The quantitative estimate of drug-likeness (QED) is 0.874. The molecule has 0 spiro atoms. The lowest BCUT2D eigenvalue weighted by Gasteiger charge is -2.11. The zero-order valence-corrected chi connectivity index (χ0v) is 11.9. The van der Waals surface area contributed by atoms with Gasteiger partial charge in [-0.25, -0.2) is 4.98 Å². The van der Waals surface area contributed by atoms with E-state index in [-0.39, 0.29) is 10.3 Å². The number of aromatic nitrogens is 2.